The highest BCUT2D eigenvalue weighted by Crippen LogP contribution is 2.26. The zero-order chi connectivity index (χ0) is 19.0. The zero-order valence-electron chi connectivity index (χ0n) is 14.7. The molecular formula is C19H16N4O3S. The normalized spacial score (nSPS) is 12.2. The highest BCUT2D eigenvalue weighted by molar-refractivity contribution is 7.13. The van der Waals surface area contributed by atoms with E-state index >= 15 is 0 Å². The third-order valence-corrected chi connectivity index (χ3v) is 5.28. The van der Waals surface area contributed by atoms with Gasteiger partial charge in [-0.2, -0.15) is 4.37 Å². The van der Waals surface area contributed by atoms with Crippen molar-refractivity contribution in [3.05, 3.63) is 75.1 Å². The van der Waals surface area contributed by atoms with Gasteiger partial charge in [-0.15, -0.1) is 0 Å². The van der Waals surface area contributed by atoms with Crippen molar-refractivity contribution in [3.63, 3.8) is 0 Å². The maximum atomic E-state index is 13.0. The molecule has 1 unspecified atom stereocenters. The summed E-state index contributed by atoms with van der Waals surface area (Å²) in [5.41, 5.74) is 1.53. The number of fused-ring (bicyclic) bond motifs is 1. The first-order valence-electron chi connectivity index (χ1n) is 8.29. The molecule has 4 rings (SSSR count). The Labute approximate surface area is 158 Å². The average Bonchev–Trinajstić information content (AvgIpc) is 3.12. The lowest BCUT2D eigenvalue weighted by Gasteiger charge is -2.14. The Balaban J connectivity index is 1.85. The Hall–Kier alpha value is -3.26. The van der Waals surface area contributed by atoms with Crippen LogP contribution in [0.5, 0.6) is 5.75 Å². The summed E-state index contributed by atoms with van der Waals surface area (Å²) in [4.78, 5) is 32.8. The fraction of sp³-hybridized carbons (Fsp3) is 0.158. The number of nitrogens with one attached hydrogen (secondary N) is 1. The van der Waals surface area contributed by atoms with Crippen LogP contribution in [0.15, 0.2) is 58.3 Å². The minimum atomic E-state index is -0.479. The number of aromatic nitrogens is 4. The molecule has 0 aliphatic carbocycles. The van der Waals surface area contributed by atoms with Crippen LogP contribution in [0, 0.1) is 0 Å². The fourth-order valence-electron chi connectivity index (χ4n) is 2.98. The molecule has 4 aromatic rings. The van der Waals surface area contributed by atoms with Crippen molar-refractivity contribution in [3.8, 4) is 17.1 Å². The van der Waals surface area contributed by atoms with Crippen molar-refractivity contribution in [2.24, 2.45) is 0 Å². The van der Waals surface area contributed by atoms with Crippen LogP contribution in [0.4, 0.5) is 0 Å². The molecule has 0 aliphatic heterocycles. The summed E-state index contributed by atoms with van der Waals surface area (Å²) in [7, 11) is 1.59. The minimum absolute atomic E-state index is 0.364. The SMILES string of the molecule is COc1ccc(C(C)n2c(=O)[nH]c3c(-c4ccccn4)nsc3c2=O)cc1. The monoisotopic (exact) mass is 380 g/mol. The maximum Gasteiger partial charge on any atom is 0.329 e. The molecule has 1 N–H and O–H groups in total. The number of hydrogen-bond donors (Lipinski definition) is 1. The molecule has 1 atom stereocenters. The molecule has 0 spiro atoms. The number of ether oxygens (including phenoxy) is 1. The molecule has 0 amide bonds. The van der Waals surface area contributed by atoms with E-state index in [9.17, 15) is 9.59 Å². The lowest BCUT2D eigenvalue weighted by molar-refractivity contribution is 0.414. The summed E-state index contributed by atoms with van der Waals surface area (Å²) < 4.78 is 11.1. The second-order valence-corrected chi connectivity index (χ2v) is 6.78. The van der Waals surface area contributed by atoms with Crippen LogP contribution in [0.1, 0.15) is 18.5 Å². The highest BCUT2D eigenvalue weighted by Gasteiger charge is 2.20. The number of aromatic amines is 1. The molecule has 7 nitrogen and oxygen atoms in total. The van der Waals surface area contributed by atoms with Gasteiger partial charge in [0, 0.05) is 6.20 Å². The Kier molecular flexibility index (Phi) is 4.33. The molecule has 3 heterocycles. The van der Waals surface area contributed by atoms with E-state index in [1.807, 2.05) is 25.1 Å². The van der Waals surface area contributed by atoms with Crippen molar-refractivity contribution in [1.82, 2.24) is 18.9 Å². The molecule has 0 aliphatic rings. The second kappa shape index (κ2) is 6.81. The number of nitrogens with zero attached hydrogens (tertiary/aromatic N) is 3. The molecule has 0 radical (unpaired) electrons. The van der Waals surface area contributed by atoms with E-state index < -0.39 is 11.7 Å². The summed E-state index contributed by atoms with van der Waals surface area (Å²) >= 11 is 1.06. The van der Waals surface area contributed by atoms with Crippen LogP contribution in [-0.4, -0.2) is 26.0 Å². The van der Waals surface area contributed by atoms with Crippen LogP contribution >= 0.6 is 11.5 Å². The Morgan fingerprint density at radius 2 is 1.93 bits per heavy atom. The van der Waals surface area contributed by atoms with Gasteiger partial charge in [0.05, 0.1) is 24.4 Å². The third kappa shape index (κ3) is 2.93. The summed E-state index contributed by atoms with van der Waals surface area (Å²) in [5, 5.41) is 0. The lowest BCUT2D eigenvalue weighted by atomic mass is 10.1. The van der Waals surface area contributed by atoms with E-state index in [1.54, 1.807) is 37.6 Å². The van der Waals surface area contributed by atoms with Crippen molar-refractivity contribution in [2.45, 2.75) is 13.0 Å². The summed E-state index contributed by atoms with van der Waals surface area (Å²) in [6.45, 7) is 1.81. The number of pyridine rings is 1. The van der Waals surface area contributed by atoms with Gasteiger partial charge in [0.1, 0.15) is 16.1 Å². The van der Waals surface area contributed by atoms with Gasteiger partial charge < -0.3 is 9.72 Å². The molecule has 3 aromatic heterocycles. The predicted molar refractivity (Wildman–Crippen MR) is 105 cm³/mol. The quantitative estimate of drug-likeness (QED) is 0.588. The zero-order valence-corrected chi connectivity index (χ0v) is 15.5. The number of H-pyrrole nitrogens is 1. The molecular weight excluding hydrogens is 364 g/mol. The molecule has 0 bridgehead atoms. The van der Waals surface area contributed by atoms with Crippen LogP contribution in [0.3, 0.4) is 0 Å². The minimum Gasteiger partial charge on any atom is -0.497 e. The van der Waals surface area contributed by atoms with Gasteiger partial charge in [-0.05, 0) is 48.3 Å². The molecule has 0 saturated carbocycles. The maximum absolute atomic E-state index is 13.0. The van der Waals surface area contributed by atoms with Gasteiger partial charge in [0.15, 0.2) is 0 Å². The first-order valence-corrected chi connectivity index (χ1v) is 9.07. The first kappa shape index (κ1) is 17.2. The largest absolute Gasteiger partial charge is 0.497 e. The van der Waals surface area contributed by atoms with Crippen LogP contribution in [-0.2, 0) is 0 Å². The Bertz CT molecular complexity index is 1210. The van der Waals surface area contributed by atoms with Crippen LogP contribution in [0.2, 0.25) is 0 Å². The molecule has 1 aromatic carbocycles. The van der Waals surface area contributed by atoms with E-state index in [4.69, 9.17) is 4.74 Å². The molecule has 27 heavy (non-hydrogen) atoms. The van der Waals surface area contributed by atoms with E-state index in [2.05, 4.69) is 14.3 Å². The first-order chi connectivity index (χ1) is 13.1. The van der Waals surface area contributed by atoms with Gasteiger partial charge in [-0.25, -0.2) is 4.79 Å². The third-order valence-electron chi connectivity index (χ3n) is 4.45. The Morgan fingerprint density at radius 1 is 1.15 bits per heavy atom. The van der Waals surface area contributed by atoms with Crippen molar-refractivity contribution >= 4 is 21.7 Å². The molecule has 0 fully saturated rings. The van der Waals surface area contributed by atoms with Gasteiger partial charge in [-0.1, -0.05) is 18.2 Å². The summed E-state index contributed by atoms with van der Waals surface area (Å²) in [6.07, 6.45) is 1.64. The standard InChI is InChI=1S/C19H16N4O3S/c1-11(12-6-8-13(26-2)9-7-12)23-18(24)17-16(21-19(23)25)15(22-27-17)14-5-3-4-10-20-14/h3-11H,1-2H3,(H,21,25). The number of methoxy groups -OCH3 is 1. The van der Waals surface area contributed by atoms with Crippen LogP contribution in [0.25, 0.3) is 21.6 Å². The van der Waals surface area contributed by atoms with E-state index in [0.717, 1.165) is 17.1 Å². The second-order valence-electron chi connectivity index (χ2n) is 6.00. The average molecular weight is 380 g/mol. The van der Waals surface area contributed by atoms with Crippen LogP contribution < -0.4 is 16.0 Å². The van der Waals surface area contributed by atoms with Crippen molar-refractivity contribution in [1.29, 1.82) is 0 Å². The van der Waals surface area contributed by atoms with Gasteiger partial charge >= 0.3 is 5.69 Å². The number of benzene rings is 1. The highest BCUT2D eigenvalue weighted by atomic mass is 32.1. The topological polar surface area (TPSA) is 89.9 Å². The smallest absolute Gasteiger partial charge is 0.329 e. The summed E-state index contributed by atoms with van der Waals surface area (Å²) in [5.74, 6) is 0.713. The fourth-order valence-corrected chi connectivity index (χ4v) is 3.76. The summed E-state index contributed by atoms with van der Waals surface area (Å²) in [6, 6.07) is 12.3. The molecule has 0 saturated heterocycles. The number of rotatable bonds is 4. The number of hydrogen-bond acceptors (Lipinski definition) is 6. The lowest BCUT2D eigenvalue weighted by Crippen LogP contribution is -2.37. The molecule has 136 valence electrons. The van der Waals surface area contributed by atoms with Crippen molar-refractivity contribution < 1.29 is 4.74 Å². The predicted octanol–water partition coefficient (Wildman–Crippen LogP) is 2.83. The van der Waals surface area contributed by atoms with E-state index in [1.165, 1.54) is 4.57 Å². The van der Waals surface area contributed by atoms with Gasteiger partial charge in [-0.3, -0.25) is 14.3 Å². The van der Waals surface area contributed by atoms with E-state index in [-0.39, 0.29) is 5.56 Å². The molecule has 8 heteroatoms. The van der Waals surface area contributed by atoms with Gasteiger partial charge in [0.25, 0.3) is 5.56 Å². The van der Waals surface area contributed by atoms with Gasteiger partial charge in [0.2, 0.25) is 0 Å². The van der Waals surface area contributed by atoms with Crippen molar-refractivity contribution in [2.75, 3.05) is 7.11 Å². The van der Waals surface area contributed by atoms with E-state index in [0.29, 0.717) is 27.4 Å². The Morgan fingerprint density at radius 3 is 2.59 bits per heavy atom.